The van der Waals surface area contributed by atoms with Crippen molar-refractivity contribution in [1.29, 1.82) is 0 Å². The van der Waals surface area contributed by atoms with Gasteiger partial charge in [0.1, 0.15) is 31.1 Å². The minimum absolute atomic E-state index is 0.135. The molecule has 0 aromatic rings. The van der Waals surface area contributed by atoms with Gasteiger partial charge in [0.2, 0.25) is 5.91 Å². The van der Waals surface area contributed by atoms with Crippen molar-refractivity contribution < 1.29 is 50.4 Å². The van der Waals surface area contributed by atoms with Gasteiger partial charge in [-0.3, -0.25) is 36.2 Å². The zero-order chi connectivity index (χ0) is 83.6. The number of hydrogen-bond acceptors (Lipinski definition) is 17. The van der Waals surface area contributed by atoms with E-state index in [0.29, 0.717) is 77.4 Å². The normalized spacial score (nSPS) is 14.8. The highest BCUT2D eigenvalue weighted by Crippen LogP contribution is 2.26. The number of likely N-dealkylation sites (N-methyl/N-ethyl adjacent to an activating group) is 1. The minimum atomic E-state index is -1.99. The van der Waals surface area contributed by atoms with E-state index in [2.05, 4.69) is 64.9 Å². The van der Waals surface area contributed by atoms with Crippen LogP contribution in [0.3, 0.4) is 0 Å². The van der Waals surface area contributed by atoms with Crippen LogP contribution in [0.1, 0.15) is 484 Å². The summed E-state index contributed by atoms with van der Waals surface area (Å²) in [6, 6.07) is -4.67. The molecule has 0 aliphatic carbocycles. The summed E-state index contributed by atoms with van der Waals surface area (Å²) in [4.78, 5) is 25.4. The predicted molar refractivity (Wildman–Crippen MR) is 483 cm³/mol. The molecule has 0 aliphatic rings. The first kappa shape index (κ1) is 112. The van der Waals surface area contributed by atoms with Crippen molar-refractivity contribution in [1.82, 2.24) is 37.2 Å². The summed E-state index contributed by atoms with van der Waals surface area (Å²) in [5, 5.41) is 113. The van der Waals surface area contributed by atoms with Gasteiger partial charge in [-0.15, -0.1) is 0 Å². The molecule has 1 amide bonds. The van der Waals surface area contributed by atoms with Crippen LogP contribution in [-0.4, -0.2) is 154 Å². The number of unbranched alkanes of at least 4 members (excludes halogenated alkanes) is 55. The SMILES string of the molecule is CCCCCCCCCCCCCCCCC(CCCCCCCCCCCCCCCC)C(O)NCCCCC(NC(=O)C(N)CNC)C(O)NC(CCCCN)C(O)NC(CCCCNC(O)C(CCCCCCCCCCCCCCCC)CCCCCCCCCCCCCCCC)C(O)NC(CCC(=O)O)C(O)O. The van der Waals surface area contributed by atoms with E-state index in [-0.39, 0.29) is 31.2 Å². The van der Waals surface area contributed by atoms with E-state index >= 15 is 0 Å². The van der Waals surface area contributed by atoms with E-state index in [4.69, 9.17) is 11.5 Å². The second-order valence-corrected chi connectivity index (χ2v) is 35.4. The van der Waals surface area contributed by atoms with Crippen LogP contribution in [-0.2, 0) is 9.59 Å². The molecule has 0 radical (unpaired) electrons. The van der Waals surface area contributed by atoms with Crippen molar-refractivity contribution in [3.8, 4) is 0 Å². The number of carbonyl (C=O) groups is 2. The van der Waals surface area contributed by atoms with E-state index in [9.17, 15) is 50.4 Å². The van der Waals surface area contributed by atoms with Crippen molar-refractivity contribution in [2.24, 2.45) is 23.3 Å². The summed E-state index contributed by atoms with van der Waals surface area (Å²) < 4.78 is 0. The second-order valence-electron chi connectivity index (χ2n) is 35.4. The van der Waals surface area contributed by atoms with Crippen LogP contribution in [0.5, 0.6) is 0 Å². The number of aliphatic carboxylic acids is 1. The Morgan fingerprint density at radius 1 is 0.289 bits per heavy atom. The number of aliphatic hydroxyl groups is 7. The Balaban J connectivity index is 6.24. The molecule has 19 heteroatoms. The minimum Gasteiger partial charge on any atom is -0.481 e. The highest BCUT2D eigenvalue weighted by atomic mass is 16.5. The number of aliphatic hydroxyl groups excluding tert-OH is 6. The average molecular weight is 1630 g/mol. The number of carbonyl (C=O) groups excluding carboxylic acids is 1. The van der Waals surface area contributed by atoms with Gasteiger partial charge in [0, 0.05) is 25.0 Å². The molecule has 0 spiro atoms. The maximum absolute atomic E-state index is 13.7. The molecule has 0 saturated carbocycles. The zero-order valence-electron chi connectivity index (χ0n) is 75.6. The van der Waals surface area contributed by atoms with Gasteiger partial charge < -0.3 is 63.0 Å². The molecule has 0 aliphatic heterocycles. The van der Waals surface area contributed by atoms with Crippen molar-refractivity contribution in [2.75, 3.05) is 33.2 Å². The maximum atomic E-state index is 13.7. The van der Waals surface area contributed by atoms with Gasteiger partial charge in [-0.25, -0.2) is 0 Å². The van der Waals surface area contributed by atoms with Gasteiger partial charge in [-0.2, -0.15) is 0 Å². The third-order valence-electron chi connectivity index (χ3n) is 24.6. The van der Waals surface area contributed by atoms with Gasteiger partial charge in [0.15, 0.2) is 6.29 Å². The lowest BCUT2D eigenvalue weighted by molar-refractivity contribution is -0.138. The third kappa shape index (κ3) is 72.0. The third-order valence-corrected chi connectivity index (χ3v) is 24.6. The lowest BCUT2D eigenvalue weighted by atomic mass is 9.92. The Morgan fingerprint density at radius 2 is 0.526 bits per heavy atom. The van der Waals surface area contributed by atoms with Crippen LogP contribution in [0, 0.1) is 11.8 Å². The lowest BCUT2D eigenvalue weighted by Gasteiger charge is -2.36. The van der Waals surface area contributed by atoms with Crippen LogP contribution in [0.15, 0.2) is 0 Å². The molecule has 114 heavy (non-hydrogen) atoms. The first-order valence-corrected chi connectivity index (χ1v) is 49.7. The molecule has 0 bridgehead atoms. The number of nitrogens with one attached hydrogen (secondary N) is 7. The van der Waals surface area contributed by atoms with Gasteiger partial charge >= 0.3 is 5.97 Å². The number of rotatable bonds is 95. The molecule has 19 N–H and O–H groups in total. The fourth-order valence-corrected chi connectivity index (χ4v) is 16.8. The fourth-order valence-electron chi connectivity index (χ4n) is 16.8. The van der Waals surface area contributed by atoms with E-state index in [1.807, 2.05) is 0 Å². The van der Waals surface area contributed by atoms with E-state index in [1.165, 1.54) is 334 Å². The second kappa shape index (κ2) is 86.3. The highest BCUT2D eigenvalue weighted by Gasteiger charge is 2.33. The van der Waals surface area contributed by atoms with Crippen molar-refractivity contribution in [3.05, 3.63) is 0 Å². The largest absolute Gasteiger partial charge is 0.481 e. The Kier molecular flexibility index (Phi) is 85.0. The standard InChI is InChI=1S/C95H197N9O10/c1-6-10-14-18-22-26-30-34-38-42-46-50-54-58-68-81(69-59-55-51-47-43-39-35-31-27-23-19-15-11-7-2)89(107)99-78-66-63-73-84(101-91(109)83(97)80-98-5)92(110)102-85(72-62-65-77-96)93(111)103-86(94(112)104-87(95(113)114)75-76-88(105)106)74-64-67-79-100-90(108)82(70-60-56-52-48-44-40-36-32-28-24-20-16-12-8-3)71-61-57-53-49-45-41-37-33-29-25-21-17-13-9-4/h81-87,89-90,92-95,98-100,102-104,107-108,110-114H,6-80,96-97H2,1-5H3,(H,101,109)(H,105,106). The summed E-state index contributed by atoms with van der Waals surface area (Å²) in [7, 11) is 1.72. The molecule has 0 aromatic heterocycles. The highest BCUT2D eigenvalue weighted by molar-refractivity contribution is 5.82. The number of amides is 1. The predicted octanol–water partition coefficient (Wildman–Crippen LogP) is 20.0. The molecule has 0 rings (SSSR count). The van der Waals surface area contributed by atoms with Crippen molar-refractivity contribution in [2.45, 2.75) is 551 Å². The van der Waals surface area contributed by atoms with Gasteiger partial charge in [-0.1, -0.05) is 400 Å². The van der Waals surface area contributed by atoms with Crippen molar-refractivity contribution in [3.63, 3.8) is 0 Å². The smallest absolute Gasteiger partial charge is 0.303 e. The molecule has 0 aromatic carbocycles. The first-order chi connectivity index (χ1) is 55.6. The van der Waals surface area contributed by atoms with Crippen LogP contribution in [0.25, 0.3) is 0 Å². The summed E-state index contributed by atoms with van der Waals surface area (Å²) in [5.74, 6) is -1.27. The summed E-state index contributed by atoms with van der Waals surface area (Å²) in [6.45, 7) is 10.8. The average Bonchev–Trinajstić information content (AvgIpc) is 0.863. The Labute approximate surface area is 703 Å². The Bertz CT molecular complexity index is 1900. The van der Waals surface area contributed by atoms with Gasteiger partial charge in [0.05, 0.1) is 18.1 Å². The Hall–Kier alpha value is -1.66. The molecule has 0 saturated heterocycles. The molecule has 10 atom stereocenters. The maximum Gasteiger partial charge on any atom is 0.303 e. The summed E-state index contributed by atoms with van der Waals surface area (Å²) in [5.41, 5.74) is 12.3. The van der Waals surface area contributed by atoms with Crippen molar-refractivity contribution >= 4 is 11.9 Å². The molecular formula is C95H197N9O10. The number of hydrogen-bond donors (Lipinski definition) is 17. The molecule has 19 nitrogen and oxygen atoms in total. The van der Waals surface area contributed by atoms with Crippen LogP contribution >= 0.6 is 0 Å². The zero-order valence-corrected chi connectivity index (χ0v) is 75.6. The van der Waals surface area contributed by atoms with Gasteiger partial charge in [0.25, 0.3) is 0 Å². The number of carboxylic acids is 1. The summed E-state index contributed by atoms with van der Waals surface area (Å²) >= 11 is 0. The van der Waals surface area contributed by atoms with E-state index in [0.717, 1.165) is 51.4 Å². The van der Waals surface area contributed by atoms with Crippen LogP contribution < -0.4 is 48.7 Å². The molecule has 10 unspecified atom stereocenters. The number of nitrogens with two attached hydrogens (primary N) is 2. The molecule has 682 valence electrons. The van der Waals surface area contributed by atoms with E-state index in [1.54, 1.807) is 7.05 Å². The monoisotopic (exact) mass is 1620 g/mol. The quantitative estimate of drug-likeness (QED) is 0.0199. The van der Waals surface area contributed by atoms with Crippen LogP contribution in [0.2, 0.25) is 0 Å². The fraction of sp³-hybridized carbons (Fsp3) is 0.979. The Morgan fingerprint density at radius 3 is 0.781 bits per heavy atom. The molecule has 0 heterocycles. The molecular weight excluding hydrogens is 1430 g/mol. The summed E-state index contributed by atoms with van der Waals surface area (Å²) in [6.07, 6.45) is 73.8. The lowest BCUT2D eigenvalue weighted by Crippen LogP contribution is -2.62. The topological polar surface area (TPSA) is 332 Å². The van der Waals surface area contributed by atoms with E-state index < -0.39 is 79.5 Å². The van der Waals surface area contributed by atoms with Crippen LogP contribution in [0.4, 0.5) is 0 Å². The number of carboxylic acid groups (broad SMARTS) is 1. The van der Waals surface area contributed by atoms with Gasteiger partial charge in [-0.05, 0) is 116 Å². The first-order valence-electron chi connectivity index (χ1n) is 49.7. The molecule has 0 fully saturated rings.